The standard InChI is InChI=1S/C24H24F3N5O4/c1-14-5-6-28-19(9-14)20(16-3-4-16)29-21(33)17-10-15(11-18(12-17)36-24(25,26)27)13-32-8-7-31(2)22(32)30-23(34)35/h5-12,16,20H,3-4,13H2,1-2H3,(H,29,33)(H,34,35). The molecule has 0 bridgehead atoms. The number of ether oxygens (including phenoxy) is 1. The monoisotopic (exact) mass is 503 g/mol. The van der Waals surface area contributed by atoms with Crippen molar-refractivity contribution in [2.75, 3.05) is 0 Å². The molecule has 1 saturated carbocycles. The molecule has 2 amide bonds. The summed E-state index contributed by atoms with van der Waals surface area (Å²) in [7, 11) is 1.58. The Kier molecular flexibility index (Phi) is 6.86. The minimum Gasteiger partial charge on any atom is -0.463 e. The number of aromatic nitrogens is 3. The van der Waals surface area contributed by atoms with Gasteiger partial charge in [0.05, 0.1) is 18.3 Å². The van der Waals surface area contributed by atoms with E-state index in [4.69, 9.17) is 5.11 Å². The molecule has 0 aliphatic heterocycles. The number of carbonyl (C=O) groups is 2. The summed E-state index contributed by atoms with van der Waals surface area (Å²) in [5.74, 6) is -0.940. The molecule has 1 aliphatic carbocycles. The number of nitrogens with zero attached hydrogens (tertiary/aromatic N) is 4. The van der Waals surface area contributed by atoms with Gasteiger partial charge in [0.1, 0.15) is 5.75 Å². The van der Waals surface area contributed by atoms with Gasteiger partial charge >= 0.3 is 12.5 Å². The van der Waals surface area contributed by atoms with E-state index in [1.165, 1.54) is 21.4 Å². The first kappa shape index (κ1) is 25.0. The predicted octanol–water partition coefficient (Wildman–Crippen LogP) is 3.94. The molecular weight excluding hydrogens is 479 g/mol. The van der Waals surface area contributed by atoms with Crippen LogP contribution in [0.4, 0.5) is 18.0 Å². The Morgan fingerprint density at radius 2 is 2.00 bits per heavy atom. The number of carboxylic acid groups (broad SMARTS) is 1. The van der Waals surface area contributed by atoms with Gasteiger partial charge in [-0.05, 0) is 67.1 Å². The Balaban J connectivity index is 1.67. The summed E-state index contributed by atoms with van der Waals surface area (Å²) < 4.78 is 46.0. The number of benzene rings is 1. The van der Waals surface area contributed by atoms with Crippen LogP contribution in [0, 0.1) is 12.8 Å². The van der Waals surface area contributed by atoms with Gasteiger partial charge in [-0.15, -0.1) is 18.2 Å². The Hall–Kier alpha value is -4.09. The van der Waals surface area contributed by atoms with Crippen LogP contribution in [0.25, 0.3) is 0 Å². The highest BCUT2D eigenvalue weighted by Crippen LogP contribution is 2.40. The lowest BCUT2D eigenvalue weighted by molar-refractivity contribution is -0.274. The van der Waals surface area contributed by atoms with E-state index in [0.717, 1.165) is 30.5 Å². The van der Waals surface area contributed by atoms with Gasteiger partial charge in [0.2, 0.25) is 5.62 Å². The first-order valence-corrected chi connectivity index (χ1v) is 11.1. The van der Waals surface area contributed by atoms with E-state index in [0.29, 0.717) is 5.69 Å². The van der Waals surface area contributed by atoms with Crippen molar-refractivity contribution in [1.82, 2.24) is 19.4 Å². The van der Waals surface area contributed by atoms with Gasteiger partial charge < -0.3 is 24.3 Å². The summed E-state index contributed by atoms with van der Waals surface area (Å²) in [4.78, 5) is 32.2. The van der Waals surface area contributed by atoms with Gasteiger partial charge in [0.25, 0.3) is 5.91 Å². The highest BCUT2D eigenvalue weighted by molar-refractivity contribution is 5.95. The molecule has 1 fully saturated rings. The topological polar surface area (TPSA) is 111 Å². The van der Waals surface area contributed by atoms with Crippen LogP contribution in [-0.2, 0) is 13.6 Å². The maximum atomic E-state index is 13.2. The number of hydrogen-bond donors (Lipinski definition) is 2. The minimum atomic E-state index is -4.96. The lowest BCUT2D eigenvalue weighted by Crippen LogP contribution is -2.31. The highest BCUT2D eigenvalue weighted by Gasteiger charge is 2.35. The zero-order chi connectivity index (χ0) is 26.0. The number of pyridine rings is 1. The third-order valence-corrected chi connectivity index (χ3v) is 5.69. The molecule has 3 aromatic rings. The summed E-state index contributed by atoms with van der Waals surface area (Å²) in [5.41, 5.74) is 1.99. The normalized spacial score (nSPS) is 15.0. The summed E-state index contributed by atoms with van der Waals surface area (Å²) in [6, 6.07) is 6.95. The Labute approximate surface area is 203 Å². The summed E-state index contributed by atoms with van der Waals surface area (Å²) >= 11 is 0. The molecule has 1 aromatic carbocycles. The summed E-state index contributed by atoms with van der Waals surface area (Å²) in [6.45, 7) is 1.86. The number of carbonyl (C=O) groups excluding carboxylic acids is 1. The number of amides is 2. The van der Waals surface area contributed by atoms with Crippen molar-refractivity contribution in [2.24, 2.45) is 18.0 Å². The molecule has 190 valence electrons. The SMILES string of the molecule is Cc1ccnc(C(NC(=O)c2cc(Cn3ccn(C)c3=NC(=O)O)cc(OC(F)(F)F)c2)C2CC2)c1. The van der Waals surface area contributed by atoms with Crippen molar-refractivity contribution >= 4 is 12.0 Å². The average molecular weight is 503 g/mol. The van der Waals surface area contributed by atoms with Crippen LogP contribution < -0.4 is 15.7 Å². The fourth-order valence-electron chi connectivity index (χ4n) is 3.96. The van der Waals surface area contributed by atoms with Gasteiger partial charge in [-0.1, -0.05) is 0 Å². The van der Waals surface area contributed by atoms with Crippen LogP contribution in [0.3, 0.4) is 0 Å². The van der Waals surface area contributed by atoms with E-state index < -0.39 is 24.1 Å². The molecule has 9 nitrogen and oxygen atoms in total. The minimum absolute atomic E-state index is 0.0293. The van der Waals surface area contributed by atoms with Crippen molar-refractivity contribution < 1.29 is 32.6 Å². The van der Waals surface area contributed by atoms with Gasteiger partial charge in [-0.25, -0.2) is 4.79 Å². The molecule has 36 heavy (non-hydrogen) atoms. The predicted molar refractivity (Wildman–Crippen MR) is 121 cm³/mol. The van der Waals surface area contributed by atoms with Crippen LogP contribution in [0.2, 0.25) is 0 Å². The molecule has 1 aliphatic rings. The van der Waals surface area contributed by atoms with E-state index >= 15 is 0 Å². The fraction of sp³-hybridized carbons (Fsp3) is 0.333. The molecule has 2 heterocycles. The van der Waals surface area contributed by atoms with Crippen molar-refractivity contribution in [3.63, 3.8) is 0 Å². The first-order valence-electron chi connectivity index (χ1n) is 11.1. The van der Waals surface area contributed by atoms with Crippen molar-refractivity contribution in [1.29, 1.82) is 0 Å². The molecule has 1 atom stereocenters. The lowest BCUT2D eigenvalue weighted by Gasteiger charge is -2.19. The van der Waals surface area contributed by atoms with Gasteiger partial charge in [-0.2, -0.15) is 0 Å². The van der Waals surface area contributed by atoms with Gasteiger partial charge in [0, 0.05) is 31.2 Å². The highest BCUT2D eigenvalue weighted by atomic mass is 19.4. The quantitative estimate of drug-likeness (QED) is 0.508. The molecule has 0 saturated heterocycles. The van der Waals surface area contributed by atoms with Crippen LogP contribution in [0.1, 0.15) is 46.1 Å². The zero-order valence-electron chi connectivity index (χ0n) is 19.5. The summed E-state index contributed by atoms with van der Waals surface area (Å²) in [6.07, 6.45) is 0.173. The third kappa shape index (κ3) is 6.32. The van der Waals surface area contributed by atoms with Crippen molar-refractivity contribution in [2.45, 2.75) is 38.7 Å². The van der Waals surface area contributed by atoms with Crippen LogP contribution in [0.15, 0.2) is 53.9 Å². The molecule has 1 unspecified atom stereocenters. The van der Waals surface area contributed by atoms with Crippen molar-refractivity contribution in [3.8, 4) is 5.75 Å². The number of hydrogen-bond acceptors (Lipinski definition) is 4. The molecule has 0 radical (unpaired) electrons. The van der Waals surface area contributed by atoms with Crippen LogP contribution >= 0.6 is 0 Å². The molecule has 2 N–H and O–H groups in total. The van der Waals surface area contributed by atoms with Crippen LogP contribution in [0.5, 0.6) is 5.75 Å². The average Bonchev–Trinajstić information content (AvgIpc) is 3.57. The Morgan fingerprint density at radius 3 is 2.64 bits per heavy atom. The van der Waals surface area contributed by atoms with E-state index in [1.807, 2.05) is 19.1 Å². The molecule has 2 aromatic heterocycles. The molecule has 12 heteroatoms. The van der Waals surface area contributed by atoms with Crippen LogP contribution in [-0.4, -0.2) is 37.6 Å². The smallest absolute Gasteiger partial charge is 0.463 e. The molecule has 4 rings (SSSR count). The van der Waals surface area contributed by atoms with E-state index in [1.54, 1.807) is 19.4 Å². The maximum absolute atomic E-state index is 13.2. The number of aryl methyl sites for hydroxylation is 2. The number of alkyl halides is 3. The van der Waals surface area contributed by atoms with Gasteiger partial charge in [-0.3, -0.25) is 9.78 Å². The molecule has 0 spiro atoms. The lowest BCUT2D eigenvalue weighted by atomic mass is 10.0. The first-order chi connectivity index (χ1) is 17.0. The second-order valence-electron chi connectivity index (χ2n) is 8.69. The number of nitrogens with one attached hydrogen (secondary N) is 1. The Morgan fingerprint density at radius 1 is 1.25 bits per heavy atom. The molecular formula is C24H24F3N5O4. The zero-order valence-corrected chi connectivity index (χ0v) is 19.5. The third-order valence-electron chi connectivity index (χ3n) is 5.69. The second kappa shape index (κ2) is 9.88. The number of imidazole rings is 1. The number of rotatable bonds is 7. The largest absolute Gasteiger partial charge is 0.573 e. The van der Waals surface area contributed by atoms with E-state index in [-0.39, 0.29) is 35.2 Å². The van der Waals surface area contributed by atoms with Gasteiger partial charge in [0.15, 0.2) is 0 Å². The number of halogens is 3. The second-order valence-corrected chi connectivity index (χ2v) is 8.69. The van der Waals surface area contributed by atoms with E-state index in [2.05, 4.69) is 20.0 Å². The van der Waals surface area contributed by atoms with E-state index in [9.17, 15) is 22.8 Å². The van der Waals surface area contributed by atoms with Crippen molar-refractivity contribution in [3.05, 3.63) is 76.9 Å². The fourth-order valence-corrected chi connectivity index (χ4v) is 3.96. The Bertz CT molecular complexity index is 1360. The maximum Gasteiger partial charge on any atom is 0.573 e. The summed E-state index contributed by atoms with van der Waals surface area (Å²) in [5, 5.41) is 12.0.